The average molecular weight is 322 g/mol. The van der Waals surface area contributed by atoms with E-state index in [-0.39, 0.29) is 5.70 Å². The standard InChI is InChI=1S/C18H14N2O2S/c1-3-15-11(2)8-16(23-15)17-20-14(18(21)22-17)9-12-4-6-13(10-19)7-5-12/h4-9H,3H2,1-2H3/b14-9-. The summed E-state index contributed by atoms with van der Waals surface area (Å²) in [6, 6.07) is 11.0. The minimum Gasteiger partial charge on any atom is -0.401 e. The summed E-state index contributed by atoms with van der Waals surface area (Å²) in [6.45, 7) is 4.14. The Balaban J connectivity index is 1.91. The molecule has 3 rings (SSSR count). The molecule has 1 aromatic carbocycles. The third-order valence-corrected chi connectivity index (χ3v) is 4.89. The summed E-state index contributed by atoms with van der Waals surface area (Å²) in [4.78, 5) is 18.4. The Morgan fingerprint density at radius 1 is 1.35 bits per heavy atom. The van der Waals surface area contributed by atoms with Crippen molar-refractivity contribution in [1.82, 2.24) is 0 Å². The van der Waals surface area contributed by atoms with E-state index in [2.05, 4.69) is 18.0 Å². The number of carbonyl (C=O) groups excluding carboxylic acids is 1. The number of hydrogen-bond acceptors (Lipinski definition) is 5. The molecule has 0 atom stereocenters. The smallest absolute Gasteiger partial charge is 0.363 e. The van der Waals surface area contributed by atoms with Gasteiger partial charge in [-0.1, -0.05) is 19.1 Å². The minimum absolute atomic E-state index is 0.272. The number of rotatable bonds is 3. The quantitative estimate of drug-likeness (QED) is 0.637. The topological polar surface area (TPSA) is 62.5 Å². The third kappa shape index (κ3) is 3.08. The van der Waals surface area contributed by atoms with Crippen LogP contribution in [0.5, 0.6) is 0 Å². The Bertz CT molecular complexity index is 867. The van der Waals surface area contributed by atoms with Gasteiger partial charge in [-0.3, -0.25) is 0 Å². The van der Waals surface area contributed by atoms with Crippen LogP contribution in [0.3, 0.4) is 0 Å². The van der Waals surface area contributed by atoms with Gasteiger partial charge in [-0.15, -0.1) is 11.3 Å². The average Bonchev–Trinajstić information content (AvgIpc) is 3.11. The van der Waals surface area contributed by atoms with E-state index in [0.29, 0.717) is 11.5 Å². The number of hydrogen-bond donors (Lipinski definition) is 0. The number of esters is 1. The van der Waals surface area contributed by atoms with Gasteiger partial charge in [0.15, 0.2) is 5.70 Å². The molecular formula is C18H14N2O2S. The molecule has 5 heteroatoms. The van der Waals surface area contributed by atoms with Crippen molar-refractivity contribution < 1.29 is 9.53 Å². The Morgan fingerprint density at radius 2 is 2.09 bits per heavy atom. The zero-order chi connectivity index (χ0) is 16.4. The van der Waals surface area contributed by atoms with Crippen LogP contribution >= 0.6 is 11.3 Å². The van der Waals surface area contributed by atoms with E-state index in [1.165, 1.54) is 10.4 Å². The lowest BCUT2D eigenvalue weighted by atomic mass is 10.1. The number of cyclic esters (lactones) is 1. The summed E-state index contributed by atoms with van der Waals surface area (Å²) < 4.78 is 5.29. The highest BCUT2D eigenvalue weighted by molar-refractivity contribution is 7.14. The van der Waals surface area contributed by atoms with Gasteiger partial charge < -0.3 is 4.74 Å². The molecule has 0 radical (unpaired) electrons. The predicted octanol–water partition coefficient (Wildman–Crippen LogP) is 3.84. The zero-order valence-corrected chi connectivity index (χ0v) is 13.6. The molecule has 2 heterocycles. The van der Waals surface area contributed by atoms with E-state index in [1.807, 2.05) is 13.0 Å². The lowest BCUT2D eigenvalue weighted by Gasteiger charge is -1.94. The fourth-order valence-corrected chi connectivity index (χ4v) is 3.34. The molecule has 0 spiro atoms. The van der Waals surface area contributed by atoms with Crippen molar-refractivity contribution in [2.24, 2.45) is 4.99 Å². The second kappa shape index (κ2) is 6.19. The molecule has 0 aliphatic carbocycles. The molecule has 0 N–H and O–H groups in total. The van der Waals surface area contributed by atoms with Gasteiger partial charge in [0.05, 0.1) is 16.5 Å². The zero-order valence-electron chi connectivity index (χ0n) is 12.8. The number of aryl methyl sites for hydroxylation is 2. The monoisotopic (exact) mass is 322 g/mol. The Hall–Kier alpha value is -2.71. The molecule has 1 aliphatic rings. The summed E-state index contributed by atoms with van der Waals surface area (Å²) in [5, 5.41) is 8.80. The van der Waals surface area contributed by atoms with Crippen molar-refractivity contribution in [2.75, 3.05) is 0 Å². The van der Waals surface area contributed by atoms with E-state index < -0.39 is 5.97 Å². The van der Waals surface area contributed by atoms with Gasteiger partial charge in [0.25, 0.3) is 0 Å². The van der Waals surface area contributed by atoms with Crippen molar-refractivity contribution in [3.8, 4) is 6.07 Å². The number of nitrogens with zero attached hydrogens (tertiary/aromatic N) is 2. The SMILES string of the molecule is CCc1sc(C2=N/C(=C\c3ccc(C#N)cc3)C(=O)O2)cc1C. The van der Waals surface area contributed by atoms with Gasteiger partial charge in [-0.2, -0.15) is 5.26 Å². The number of nitriles is 1. The van der Waals surface area contributed by atoms with Crippen LogP contribution in [0.4, 0.5) is 0 Å². The fraction of sp³-hybridized carbons (Fsp3) is 0.167. The van der Waals surface area contributed by atoms with Gasteiger partial charge in [0, 0.05) is 4.88 Å². The van der Waals surface area contributed by atoms with E-state index in [1.54, 1.807) is 41.7 Å². The maximum absolute atomic E-state index is 12.0. The first-order chi connectivity index (χ1) is 11.1. The molecule has 23 heavy (non-hydrogen) atoms. The van der Waals surface area contributed by atoms with Crippen molar-refractivity contribution in [2.45, 2.75) is 20.3 Å². The van der Waals surface area contributed by atoms with Crippen LogP contribution in [0.15, 0.2) is 41.0 Å². The van der Waals surface area contributed by atoms with Gasteiger partial charge in [0.1, 0.15) is 0 Å². The molecule has 1 aliphatic heterocycles. The van der Waals surface area contributed by atoms with Crippen molar-refractivity contribution in [3.63, 3.8) is 0 Å². The Labute approximate surface area is 138 Å². The van der Waals surface area contributed by atoms with Crippen LogP contribution in [-0.2, 0) is 16.0 Å². The highest BCUT2D eigenvalue weighted by atomic mass is 32.1. The molecule has 0 saturated carbocycles. The molecule has 1 aromatic heterocycles. The van der Waals surface area contributed by atoms with Crippen LogP contribution in [0.2, 0.25) is 0 Å². The summed E-state index contributed by atoms with van der Waals surface area (Å²) in [6.07, 6.45) is 2.61. The third-order valence-electron chi connectivity index (χ3n) is 3.52. The van der Waals surface area contributed by atoms with Crippen LogP contribution in [0, 0.1) is 18.3 Å². The van der Waals surface area contributed by atoms with Crippen molar-refractivity contribution in [1.29, 1.82) is 5.26 Å². The van der Waals surface area contributed by atoms with Crippen LogP contribution < -0.4 is 0 Å². The number of aliphatic imine (C=N–C) groups is 1. The molecule has 114 valence electrons. The van der Waals surface area contributed by atoms with Crippen molar-refractivity contribution in [3.05, 3.63) is 62.5 Å². The first kappa shape index (κ1) is 15.2. The first-order valence-corrected chi connectivity index (χ1v) is 8.04. The lowest BCUT2D eigenvalue weighted by molar-refractivity contribution is -0.129. The predicted molar refractivity (Wildman–Crippen MR) is 90.2 cm³/mol. The Kier molecular flexibility index (Phi) is 4.09. The van der Waals surface area contributed by atoms with E-state index in [4.69, 9.17) is 10.00 Å². The van der Waals surface area contributed by atoms with Gasteiger partial charge in [0.2, 0.25) is 5.90 Å². The largest absolute Gasteiger partial charge is 0.401 e. The molecule has 4 nitrogen and oxygen atoms in total. The van der Waals surface area contributed by atoms with Crippen molar-refractivity contribution >= 4 is 29.3 Å². The number of thiophene rings is 1. The molecule has 0 unspecified atom stereocenters. The van der Waals surface area contributed by atoms with Crippen LogP contribution in [0.25, 0.3) is 6.08 Å². The molecule has 0 amide bonds. The number of benzene rings is 1. The highest BCUT2D eigenvalue weighted by Gasteiger charge is 2.25. The lowest BCUT2D eigenvalue weighted by Crippen LogP contribution is -2.03. The summed E-state index contributed by atoms with van der Waals surface area (Å²) in [7, 11) is 0. The second-order valence-corrected chi connectivity index (χ2v) is 6.28. The Morgan fingerprint density at radius 3 is 2.70 bits per heavy atom. The number of ether oxygens (including phenoxy) is 1. The number of carbonyl (C=O) groups is 1. The normalized spacial score (nSPS) is 15.4. The van der Waals surface area contributed by atoms with Gasteiger partial charge in [-0.25, -0.2) is 9.79 Å². The van der Waals surface area contributed by atoms with Crippen LogP contribution in [-0.4, -0.2) is 11.9 Å². The maximum Gasteiger partial charge on any atom is 0.363 e. The maximum atomic E-state index is 12.0. The summed E-state index contributed by atoms with van der Waals surface area (Å²) >= 11 is 1.60. The van der Waals surface area contributed by atoms with E-state index in [0.717, 1.165) is 16.9 Å². The molecule has 0 bridgehead atoms. The molecule has 2 aromatic rings. The van der Waals surface area contributed by atoms with Gasteiger partial charge in [-0.05, 0) is 48.7 Å². The summed E-state index contributed by atoms with van der Waals surface area (Å²) in [5.74, 6) is -0.0869. The van der Waals surface area contributed by atoms with E-state index in [9.17, 15) is 4.79 Å². The van der Waals surface area contributed by atoms with E-state index >= 15 is 0 Å². The van der Waals surface area contributed by atoms with Crippen LogP contribution in [0.1, 0.15) is 33.4 Å². The second-order valence-electron chi connectivity index (χ2n) is 5.14. The van der Waals surface area contributed by atoms with Gasteiger partial charge >= 0.3 is 5.97 Å². The molecule has 0 fully saturated rings. The molecule has 0 saturated heterocycles. The first-order valence-electron chi connectivity index (χ1n) is 7.23. The minimum atomic E-state index is -0.450. The highest BCUT2D eigenvalue weighted by Crippen LogP contribution is 2.27. The molecular weight excluding hydrogens is 308 g/mol. The fourth-order valence-electron chi connectivity index (χ4n) is 2.30. The summed E-state index contributed by atoms with van der Waals surface area (Å²) in [5.41, 5.74) is 2.84.